The highest BCUT2D eigenvalue weighted by molar-refractivity contribution is 7.85. The molecule has 1 aromatic carbocycles. The van der Waals surface area contributed by atoms with Gasteiger partial charge in [0, 0.05) is 29.9 Å². The van der Waals surface area contributed by atoms with Crippen molar-refractivity contribution >= 4 is 46.8 Å². The van der Waals surface area contributed by atoms with Gasteiger partial charge < -0.3 is 0 Å². The van der Waals surface area contributed by atoms with Crippen LogP contribution in [0.2, 0.25) is 0 Å². The lowest BCUT2D eigenvalue weighted by atomic mass is 9.76. The van der Waals surface area contributed by atoms with Gasteiger partial charge in [-0.2, -0.15) is 25.6 Å². The Morgan fingerprint density at radius 3 is 2.56 bits per heavy atom. The van der Waals surface area contributed by atoms with Crippen LogP contribution in [0.15, 0.2) is 23.1 Å². The van der Waals surface area contributed by atoms with Gasteiger partial charge >= 0.3 is 0 Å². The zero-order valence-electron chi connectivity index (χ0n) is 14.9. The molecule has 1 heterocycles. The molecule has 140 valence electrons. The van der Waals surface area contributed by atoms with Crippen LogP contribution < -0.4 is 0 Å². The molecule has 1 N–H and O–H groups in total. The molecule has 1 aromatic rings. The first kappa shape index (κ1) is 20.8. The normalized spacial score (nSPS) is 20.2. The largest absolute Gasteiger partial charge is 0.286 e. The summed E-state index contributed by atoms with van der Waals surface area (Å²) in [4.78, 5) is 0.959. The second kappa shape index (κ2) is 8.46. The molecule has 0 saturated carbocycles. The maximum atomic E-state index is 10.9. The monoisotopic (exact) mass is 402 g/mol. The Bertz CT molecular complexity index is 759. The second-order valence-corrected chi connectivity index (χ2v) is 9.48. The Labute approximate surface area is 162 Å². The fraction of sp³-hybridized carbons (Fsp3) is 0.611. The van der Waals surface area contributed by atoms with E-state index in [1.54, 1.807) is 0 Å². The minimum Gasteiger partial charge on any atom is -0.286 e. The highest BCUT2D eigenvalue weighted by Crippen LogP contribution is 2.43. The van der Waals surface area contributed by atoms with E-state index in [-0.39, 0.29) is 11.2 Å². The highest BCUT2D eigenvalue weighted by atomic mass is 32.2. The third-order valence-electron chi connectivity index (χ3n) is 5.19. The predicted molar refractivity (Wildman–Crippen MR) is 110 cm³/mol. The summed E-state index contributed by atoms with van der Waals surface area (Å²) in [7, 11) is -3.88. The fourth-order valence-electron chi connectivity index (χ4n) is 3.62. The summed E-state index contributed by atoms with van der Waals surface area (Å²) in [5, 5.41) is 0. The van der Waals surface area contributed by atoms with Crippen LogP contribution in [0.5, 0.6) is 0 Å². The van der Waals surface area contributed by atoms with Gasteiger partial charge in [-0.15, -0.1) is 12.6 Å². The first-order chi connectivity index (χ1) is 11.7. The topological polar surface area (TPSA) is 57.4 Å². The summed E-state index contributed by atoms with van der Waals surface area (Å²) in [5.74, 6) is 0.718. The van der Waals surface area contributed by atoms with Gasteiger partial charge in [-0.1, -0.05) is 6.42 Å². The molecule has 0 aliphatic carbocycles. The number of thiol groups is 2. The van der Waals surface area contributed by atoms with Crippen LogP contribution in [0.4, 0.5) is 5.69 Å². The first-order valence-corrected chi connectivity index (χ1v) is 11.4. The molecule has 0 amide bonds. The van der Waals surface area contributed by atoms with E-state index in [9.17, 15) is 8.42 Å². The summed E-state index contributed by atoms with van der Waals surface area (Å²) in [6.07, 6.45) is 4.44. The van der Waals surface area contributed by atoms with Crippen LogP contribution in [0.1, 0.15) is 51.5 Å². The van der Waals surface area contributed by atoms with Crippen molar-refractivity contribution in [3.8, 4) is 0 Å². The molecule has 4 nitrogen and oxygen atoms in total. The second-order valence-electron chi connectivity index (χ2n) is 6.94. The van der Waals surface area contributed by atoms with Crippen molar-refractivity contribution in [3.63, 3.8) is 0 Å². The van der Waals surface area contributed by atoms with Crippen LogP contribution in [-0.4, -0.2) is 41.3 Å². The van der Waals surface area contributed by atoms with E-state index in [4.69, 9.17) is 4.55 Å². The van der Waals surface area contributed by atoms with E-state index < -0.39 is 10.1 Å². The van der Waals surface area contributed by atoms with Crippen molar-refractivity contribution in [2.75, 3.05) is 18.1 Å². The average Bonchev–Trinajstić information content (AvgIpc) is 2.72. The minimum atomic E-state index is -3.88. The molecule has 1 atom stereocenters. The van der Waals surface area contributed by atoms with Crippen molar-refractivity contribution < 1.29 is 17.5 Å². The lowest BCUT2D eigenvalue weighted by Crippen LogP contribution is -2.30. The Kier molecular flexibility index (Phi) is 7.04. The van der Waals surface area contributed by atoms with E-state index in [0.717, 1.165) is 36.5 Å². The van der Waals surface area contributed by atoms with Crippen LogP contribution in [0.25, 0.3) is 0 Å². The van der Waals surface area contributed by atoms with Crippen molar-refractivity contribution in [1.29, 1.82) is 0 Å². The Balaban J connectivity index is 2.23. The number of nitrogens with zero attached hydrogens (tertiary/aromatic N) is 1. The Hall–Kier alpha value is -0.500. The maximum absolute atomic E-state index is 10.9. The van der Waals surface area contributed by atoms with Gasteiger partial charge in [0.25, 0.3) is 10.1 Å². The van der Waals surface area contributed by atoms with Crippen molar-refractivity contribution in [1.82, 2.24) is 0 Å². The molecule has 1 unspecified atom stereocenters. The Morgan fingerprint density at radius 2 is 1.92 bits per heavy atom. The molecule has 2 rings (SSSR count). The fourth-order valence-corrected chi connectivity index (χ4v) is 4.62. The molecule has 0 aromatic heterocycles. The van der Waals surface area contributed by atoms with Gasteiger partial charge in [0.15, 0.2) is 5.71 Å². The average molecular weight is 403 g/mol. The summed E-state index contributed by atoms with van der Waals surface area (Å²) in [5.41, 5.74) is 3.76. The molecule has 0 saturated heterocycles. The van der Waals surface area contributed by atoms with Crippen LogP contribution in [0, 0.1) is 0 Å². The summed E-state index contributed by atoms with van der Waals surface area (Å²) in [6.45, 7) is 5.20. The quantitative estimate of drug-likeness (QED) is 0.252. The zero-order valence-corrected chi connectivity index (χ0v) is 17.5. The number of hydrogen-bond acceptors (Lipinski definition) is 4. The standard InChI is InChI=1S/C18H27NO3S3/c1-14-18(2,9-3-5-11-23)16-13-15(24)7-8-17(16)19(14)10-4-6-12-25(20,21)22/h7-8,13H,3-6,9-12H2,1-2H3,(H2-,20,21,22,23,24)/p+1. The Morgan fingerprint density at radius 1 is 1.20 bits per heavy atom. The lowest BCUT2D eigenvalue weighted by Gasteiger charge is -2.22. The molecule has 25 heavy (non-hydrogen) atoms. The van der Waals surface area contributed by atoms with Crippen LogP contribution in [0.3, 0.4) is 0 Å². The van der Waals surface area contributed by atoms with Gasteiger partial charge in [0.2, 0.25) is 5.69 Å². The van der Waals surface area contributed by atoms with Crippen molar-refractivity contribution in [2.24, 2.45) is 0 Å². The molecule has 0 radical (unpaired) electrons. The van der Waals surface area contributed by atoms with Gasteiger partial charge in [-0.3, -0.25) is 4.55 Å². The van der Waals surface area contributed by atoms with Crippen LogP contribution in [-0.2, 0) is 15.5 Å². The summed E-state index contributed by atoms with van der Waals surface area (Å²) < 4.78 is 33.0. The van der Waals surface area contributed by atoms with Gasteiger partial charge in [-0.05, 0) is 44.1 Å². The van der Waals surface area contributed by atoms with E-state index in [0.29, 0.717) is 12.8 Å². The van der Waals surface area contributed by atoms with Crippen molar-refractivity contribution in [3.05, 3.63) is 23.8 Å². The van der Waals surface area contributed by atoms with E-state index in [1.165, 1.54) is 17.0 Å². The number of fused-ring (bicyclic) bond motifs is 1. The van der Waals surface area contributed by atoms with E-state index in [2.05, 4.69) is 55.8 Å². The number of unbranched alkanes of at least 4 members (excludes halogenated alkanes) is 2. The third kappa shape index (κ3) is 5.02. The molecule has 0 bridgehead atoms. The van der Waals surface area contributed by atoms with Crippen molar-refractivity contribution in [2.45, 2.75) is 56.3 Å². The molecule has 1 aliphatic heterocycles. The third-order valence-corrected chi connectivity index (χ3v) is 6.59. The molecular weight excluding hydrogens is 374 g/mol. The highest BCUT2D eigenvalue weighted by Gasteiger charge is 2.45. The van der Waals surface area contributed by atoms with E-state index >= 15 is 0 Å². The van der Waals surface area contributed by atoms with Gasteiger partial charge in [-0.25, -0.2) is 0 Å². The zero-order chi connectivity index (χ0) is 18.7. The van der Waals surface area contributed by atoms with Gasteiger partial charge in [0.05, 0.1) is 11.2 Å². The number of hydrogen-bond donors (Lipinski definition) is 3. The summed E-state index contributed by atoms with van der Waals surface area (Å²) in [6, 6.07) is 6.26. The maximum Gasteiger partial charge on any atom is 0.264 e. The molecule has 1 aliphatic rings. The van der Waals surface area contributed by atoms with E-state index in [1.807, 2.05) is 6.07 Å². The van der Waals surface area contributed by atoms with Crippen LogP contribution >= 0.6 is 25.3 Å². The molecule has 0 spiro atoms. The molecule has 0 fully saturated rings. The smallest absolute Gasteiger partial charge is 0.264 e. The molecule has 7 heteroatoms. The SMILES string of the molecule is CC1=[N+](CCCCS(=O)(=O)O)c2ccc(S)cc2C1(C)CCCCS. The number of benzene rings is 1. The first-order valence-electron chi connectivity index (χ1n) is 8.70. The number of rotatable bonds is 9. The van der Waals surface area contributed by atoms with Gasteiger partial charge in [0.1, 0.15) is 6.54 Å². The molecular formula is C18H28NO3S3+. The lowest BCUT2D eigenvalue weighted by molar-refractivity contribution is -0.439. The predicted octanol–water partition coefficient (Wildman–Crippen LogP) is 4.12. The minimum absolute atomic E-state index is 0.0277. The summed E-state index contributed by atoms with van der Waals surface area (Å²) >= 11 is 8.83.